The molecule has 0 saturated carbocycles. The van der Waals surface area contributed by atoms with Crippen molar-refractivity contribution in [2.75, 3.05) is 7.11 Å². The van der Waals surface area contributed by atoms with Crippen LogP contribution in [0.15, 0.2) is 18.2 Å². The van der Waals surface area contributed by atoms with Gasteiger partial charge in [-0.2, -0.15) is 13.2 Å². The van der Waals surface area contributed by atoms with Crippen molar-refractivity contribution in [1.82, 2.24) is 0 Å². The number of halogens is 4. The molecule has 22 heavy (non-hydrogen) atoms. The molecule has 1 unspecified atom stereocenters. The van der Waals surface area contributed by atoms with Crippen LogP contribution in [-0.2, 0) is 10.2 Å². The summed E-state index contributed by atoms with van der Waals surface area (Å²) in [6.45, 7) is 3.23. The molecule has 0 bridgehead atoms. The molecule has 0 aliphatic heterocycles. The number of alkyl halides is 3. The number of rotatable bonds is 6. The summed E-state index contributed by atoms with van der Waals surface area (Å²) >= 11 is 6.01. The lowest BCUT2D eigenvalue weighted by molar-refractivity contribution is -0.180. The van der Waals surface area contributed by atoms with Crippen LogP contribution in [0.25, 0.3) is 0 Å². The highest BCUT2D eigenvalue weighted by Gasteiger charge is 2.45. The van der Waals surface area contributed by atoms with Crippen LogP contribution >= 0.6 is 11.6 Å². The molecule has 0 aliphatic rings. The zero-order chi connectivity index (χ0) is 17.2. The number of methoxy groups -OCH3 is 1. The number of para-hydroxylation sites is 1. The molecule has 1 atom stereocenters. The van der Waals surface area contributed by atoms with Gasteiger partial charge in [0.05, 0.1) is 18.6 Å². The molecule has 1 aromatic rings. The number of hydrogen-bond donors (Lipinski definition) is 1. The van der Waals surface area contributed by atoms with E-state index in [-0.39, 0.29) is 6.29 Å². The number of benzene rings is 1. The molecular weight excluding hydrogens is 321 g/mol. The van der Waals surface area contributed by atoms with E-state index in [1.54, 1.807) is 32.0 Å². The Balaban J connectivity index is 3.19. The number of aldehydes is 1. The smallest absolute Gasteiger partial charge is 0.392 e. The van der Waals surface area contributed by atoms with Crippen LogP contribution in [0.5, 0.6) is 5.75 Å². The van der Waals surface area contributed by atoms with E-state index in [2.05, 4.69) is 0 Å². The highest BCUT2D eigenvalue weighted by atomic mass is 35.5. The summed E-state index contributed by atoms with van der Waals surface area (Å²) in [7, 11) is 1.39. The van der Waals surface area contributed by atoms with Crippen LogP contribution in [0.3, 0.4) is 0 Å². The molecule has 0 amide bonds. The largest absolute Gasteiger partial charge is 0.495 e. The molecule has 0 radical (unpaired) electrons. The maximum Gasteiger partial charge on any atom is 0.392 e. The average Bonchev–Trinajstić information content (AvgIpc) is 2.35. The Morgan fingerprint density at radius 3 is 2.32 bits per heavy atom. The topological polar surface area (TPSA) is 46.5 Å². The monoisotopic (exact) mass is 338 g/mol. The van der Waals surface area contributed by atoms with Crippen molar-refractivity contribution in [3.8, 4) is 5.75 Å². The molecular formula is C15H18ClF3O3. The van der Waals surface area contributed by atoms with Gasteiger partial charge in [0.25, 0.3) is 0 Å². The number of ether oxygens (including phenoxy) is 1. The second kappa shape index (κ2) is 6.46. The first-order valence-electron chi connectivity index (χ1n) is 6.52. The molecule has 0 heterocycles. The molecule has 0 fully saturated rings. The summed E-state index contributed by atoms with van der Waals surface area (Å²) in [6, 6.07) is 4.86. The van der Waals surface area contributed by atoms with Crippen molar-refractivity contribution in [3.05, 3.63) is 28.8 Å². The second-order valence-corrected chi connectivity index (χ2v) is 6.30. The second-order valence-electron chi connectivity index (χ2n) is 5.89. The van der Waals surface area contributed by atoms with Gasteiger partial charge in [-0.1, -0.05) is 37.6 Å². The third kappa shape index (κ3) is 4.61. The van der Waals surface area contributed by atoms with Crippen molar-refractivity contribution in [2.24, 2.45) is 0 Å². The van der Waals surface area contributed by atoms with Gasteiger partial charge in [-0.05, 0) is 17.9 Å². The molecule has 1 aromatic carbocycles. The van der Waals surface area contributed by atoms with Gasteiger partial charge >= 0.3 is 6.18 Å². The standard InChI is InChI=1S/C15H18ClF3O3/c1-13(2,7-14(21,9-20)8-15(17,18)19)10-5-4-6-11(16)12(10)22-3/h4-6,9,21H,7-8H2,1-3H3. The lowest BCUT2D eigenvalue weighted by Gasteiger charge is -2.34. The van der Waals surface area contributed by atoms with Gasteiger partial charge in [-0.25, -0.2) is 0 Å². The predicted molar refractivity (Wildman–Crippen MR) is 77.3 cm³/mol. The van der Waals surface area contributed by atoms with Crippen molar-refractivity contribution in [3.63, 3.8) is 0 Å². The SMILES string of the molecule is COc1c(Cl)cccc1C(C)(C)CC(O)(C=O)CC(F)(F)F. The van der Waals surface area contributed by atoms with Gasteiger partial charge < -0.3 is 14.6 Å². The quantitative estimate of drug-likeness (QED) is 0.800. The summed E-state index contributed by atoms with van der Waals surface area (Å²) in [4.78, 5) is 11.0. The van der Waals surface area contributed by atoms with Gasteiger partial charge in [0, 0.05) is 5.56 Å². The maximum absolute atomic E-state index is 12.6. The summed E-state index contributed by atoms with van der Waals surface area (Å²) in [5.41, 5.74) is -2.95. The third-order valence-corrected chi connectivity index (χ3v) is 3.67. The first-order valence-corrected chi connectivity index (χ1v) is 6.90. The van der Waals surface area contributed by atoms with E-state index >= 15 is 0 Å². The highest BCUT2D eigenvalue weighted by molar-refractivity contribution is 6.32. The summed E-state index contributed by atoms with van der Waals surface area (Å²) < 4.78 is 42.9. The van der Waals surface area contributed by atoms with Crippen LogP contribution in [0.4, 0.5) is 13.2 Å². The molecule has 0 saturated heterocycles. The van der Waals surface area contributed by atoms with E-state index in [0.29, 0.717) is 16.3 Å². The van der Waals surface area contributed by atoms with E-state index < -0.39 is 30.0 Å². The number of hydrogen-bond acceptors (Lipinski definition) is 3. The van der Waals surface area contributed by atoms with Crippen LogP contribution < -0.4 is 4.74 Å². The van der Waals surface area contributed by atoms with E-state index in [4.69, 9.17) is 16.3 Å². The average molecular weight is 339 g/mol. The van der Waals surface area contributed by atoms with Gasteiger partial charge in [-0.3, -0.25) is 0 Å². The lowest BCUT2D eigenvalue weighted by atomic mass is 9.74. The van der Waals surface area contributed by atoms with Crippen molar-refractivity contribution in [1.29, 1.82) is 0 Å². The van der Waals surface area contributed by atoms with E-state index in [1.165, 1.54) is 7.11 Å². The van der Waals surface area contributed by atoms with E-state index in [9.17, 15) is 23.1 Å². The zero-order valence-electron chi connectivity index (χ0n) is 12.5. The molecule has 1 rings (SSSR count). The minimum absolute atomic E-state index is 0.0563. The van der Waals surface area contributed by atoms with E-state index in [0.717, 1.165) is 0 Å². The van der Waals surface area contributed by atoms with Gasteiger partial charge in [-0.15, -0.1) is 0 Å². The van der Waals surface area contributed by atoms with Crippen molar-refractivity contribution >= 4 is 17.9 Å². The molecule has 0 spiro atoms. The molecule has 0 aliphatic carbocycles. The Labute approximate surface area is 132 Å². The Kier molecular flexibility index (Phi) is 5.51. The van der Waals surface area contributed by atoms with Crippen LogP contribution in [0.2, 0.25) is 5.02 Å². The minimum atomic E-state index is -4.65. The number of carbonyl (C=O) groups is 1. The lowest BCUT2D eigenvalue weighted by Crippen LogP contribution is -2.42. The molecule has 0 aromatic heterocycles. The van der Waals surface area contributed by atoms with Crippen LogP contribution in [-0.4, -0.2) is 30.3 Å². The van der Waals surface area contributed by atoms with Crippen molar-refractivity contribution < 1.29 is 27.8 Å². The Bertz CT molecular complexity index is 543. The minimum Gasteiger partial charge on any atom is -0.495 e. The first-order chi connectivity index (χ1) is 9.94. The Morgan fingerprint density at radius 2 is 1.86 bits per heavy atom. The maximum atomic E-state index is 12.6. The van der Waals surface area contributed by atoms with Gasteiger partial charge in [0.15, 0.2) is 6.29 Å². The molecule has 7 heteroatoms. The zero-order valence-corrected chi connectivity index (χ0v) is 13.3. The number of aliphatic hydroxyl groups is 1. The van der Waals surface area contributed by atoms with Gasteiger partial charge in [0.1, 0.15) is 11.4 Å². The molecule has 3 nitrogen and oxygen atoms in total. The Morgan fingerprint density at radius 1 is 1.27 bits per heavy atom. The van der Waals surface area contributed by atoms with E-state index in [1.807, 2.05) is 0 Å². The van der Waals surface area contributed by atoms with Crippen LogP contribution in [0, 0.1) is 0 Å². The third-order valence-electron chi connectivity index (χ3n) is 3.37. The van der Waals surface area contributed by atoms with Gasteiger partial charge in [0.2, 0.25) is 0 Å². The highest BCUT2D eigenvalue weighted by Crippen LogP contribution is 2.42. The summed E-state index contributed by atoms with van der Waals surface area (Å²) in [5, 5.41) is 10.3. The van der Waals surface area contributed by atoms with Crippen LogP contribution in [0.1, 0.15) is 32.3 Å². The fourth-order valence-electron chi connectivity index (χ4n) is 2.60. The fourth-order valence-corrected chi connectivity index (χ4v) is 2.85. The summed E-state index contributed by atoms with van der Waals surface area (Å²) in [5.74, 6) is 0.314. The fraction of sp³-hybridized carbons (Fsp3) is 0.533. The first kappa shape index (κ1) is 18.8. The Hall–Kier alpha value is -1.27. The number of carbonyl (C=O) groups excluding carboxylic acids is 1. The molecule has 1 N–H and O–H groups in total. The predicted octanol–water partition coefficient (Wildman–Crippen LogP) is 3.90. The van der Waals surface area contributed by atoms with Crippen molar-refractivity contribution in [2.45, 2.75) is 43.9 Å². The molecule has 124 valence electrons. The normalized spacial score (nSPS) is 15.3. The summed E-state index contributed by atoms with van der Waals surface area (Å²) in [6.07, 6.45) is -6.72.